The molecule has 0 amide bonds. The van der Waals surface area contributed by atoms with Crippen LogP contribution >= 0.6 is 0 Å². The lowest BCUT2D eigenvalue weighted by Gasteiger charge is -2.19. The Morgan fingerprint density at radius 3 is 2.74 bits per heavy atom. The van der Waals surface area contributed by atoms with E-state index >= 15 is 0 Å². The van der Waals surface area contributed by atoms with Gasteiger partial charge in [0.05, 0.1) is 12.7 Å². The van der Waals surface area contributed by atoms with Gasteiger partial charge in [0.1, 0.15) is 17.9 Å². The minimum absolute atomic E-state index is 0.326. The molecule has 1 aromatic rings. The van der Waals surface area contributed by atoms with Crippen molar-refractivity contribution < 1.29 is 9.53 Å². The summed E-state index contributed by atoms with van der Waals surface area (Å²) >= 11 is 0. The molecule has 0 aliphatic rings. The Hall–Kier alpha value is -2.09. The van der Waals surface area contributed by atoms with Crippen molar-refractivity contribution in [2.24, 2.45) is 5.92 Å². The molecule has 0 spiro atoms. The zero-order chi connectivity index (χ0) is 14.4. The fourth-order valence-electron chi connectivity index (χ4n) is 1.75. The number of hydrogen-bond donors (Lipinski definition) is 1. The van der Waals surface area contributed by atoms with Crippen LogP contribution in [0.1, 0.15) is 31.5 Å². The van der Waals surface area contributed by atoms with Crippen molar-refractivity contribution in [3.63, 3.8) is 0 Å². The lowest BCUT2D eigenvalue weighted by molar-refractivity contribution is -0.141. The smallest absolute Gasteiger partial charge is 0.328 e. The number of anilines is 1. The first-order valence-electron chi connectivity index (χ1n) is 6.20. The number of aryl methyl sites for hydroxylation is 1. The van der Waals surface area contributed by atoms with Crippen LogP contribution in [-0.2, 0) is 9.53 Å². The first kappa shape index (κ1) is 15.0. The van der Waals surface area contributed by atoms with Crippen molar-refractivity contribution >= 4 is 11.8 Å². The predicted octanol–water partition coefficient (Wildman–Crippen LogP) is 2.26. The molecule has 0 bridgehead atoms. The van der Waals surface area contributed by atoms with Gasteiger partial charge in [-0.3, -0.25) is 0 Å². The summed E-state index contributed by atoms with van der Waals surface area (Å²) in [5, 5.41) is 12.1. The van der Waals surface area contributed by atoms with Gasteiger partial charge in [-0.15, -0.1) is 0 Å². The number of methoxy groups -OCH3 is 1. The monoisotopic (exact) mass is 261 g/mol. The maximum atomic E-state index is 11.7. The molecule has 1 unspecified atom stereocenters. The molecule has 1 aromatic heterocycles. The van der Waals surface area contributed by atoms with E-state index in [0.29, 0.717) is 23.7 Å². The molecule has 0 aliphatic heterocycles. The van der Waals surface area contributed by atoms with Crippen LogP contribution in [0.15, 0.2) is 12.1 Å². The molecule has 1 rings (SSSR count). The van der Waals surface area contributed by atoms with Gasteiger partial charge in [-0.2, -0.15) is 5.26 Å². The van der Waals surface area contributed by atoms with E-state index in [4.69, 9.17) is 10.00 Å². The fourth-order valence-corrected chi connectivity index (χ4v) is 1.75. The SMILES string of the molecule is COC(=O)C(CC(C)C)Nc1nc(C)ccc1C#N. The van der Waals surface area contributed by atoms with Gasteiger partial charge in [-0.05, 0) is 31.4 Å². The van der Waals surface area contributed by atoms with E-state index in [0.717, 1.165) is 5.69 Å². The molecular formula is C14H19N3O2. The average molecular weight is 261 g/mol. The molecule has 0 saturated heterocycles. The second kappa shape index (κ2) is 6.74. The van der Waals surface area contributed by atoms with E-state index in [1.807, 2.05) is 20.8 Å². The molecule has 5 nitrogen and oxygen atoms in total. The van der Waals surface area contributed by atoms with Gasteiger partial charge >= 0.3 is 5.97 Å². The Labute approximate surface area is 113 Å². The summed E-state index contributed by atoms with van der Waals surface area (Å²) in [7, 11) is 1.35. The van der Waals surface area contributed by atoms with Gasteiger partial charge in [0, 0.05) is 5.69 Å². The fraction of sp³-hybridized carbons (Fsp3) is 0.500. The van der Waals surface area contributed by atoms with Crippen LogP contribution in [-0.4, -0.2) is 24.1 Å². The van der Waals surface area contributed by atoms with Crippen LogP contribution in [0, 0.1) is 24.2 Å². The first-order chi connectivity index (χ1) is 8.97. The maximum Gasteiger partial charge on any atom is 0.328 e. The molecule has 102 valence electrons. The second-order valence-electron chi connectivity index (χ2n) is 4.81. The number of carbonyl (C=O) groups is 1. The van der Waals surface area contributed by atoms with E-state index in [2.05, 4.69) is 16.4 Å². The average Bonchev–Trinajstić information content (AvgIpc) is 2.36. The zero-order valence-corrected chi connectivity index (χ0v) is 11.7. The lowest BCUT2D eigenvalue weighted by atomic mass is 10.0. The summed E-state index contributed by atoms with van der Waals surface area (Å²) in [4.78, 5) is 16.0. The van der Waals surface area contributed by atoms with Crippen molar-refractivity contribution in [1.82, 2.24) is 4.98 Å². The van der Waals surface area contributed by atoms with Crippen LogP contribution in [0.5, 0.6) is 0 Å². The largest absolute Gasteiger partial charge is 0.467 e. The molecule has 1 atom stereocenters. The number of esters is 1. The molecular weight excluding hydrogens is 242 g/mol. The quantitative estimate of drug-likeness (QED) is 0.823. The minimum atomic E-state index is -0.494. The van der Waals surface area contributed by atoms with Crippen molar-refractivity contribution in [2.45, 2.75) is 33.2 Å². The van der Waals surface area contributed by atoms with E-state index in [1.165, 1.54) is 7.11 Å². The van der Waals surface area contributed by atoms with Crippen LogP contribution in [0.3, 0.4) is 0 Å². The molecule has 19 heavy (non-hydrogen) atoms. The van der Waals surface area contributed by atoms with Crippen molar-refractivity contribution in [2.75, 3.05) is 12.4 Å². The number of nitriles is 1. The van der Waals surface area contributed by atoms with Gasteiger partial charge in [0.15, 0.2) is 0 Å². The Morgan fingerprint density at radius 1 is 1.53 bits per heavy atom. The van der Waals surface area contributed by atoms with Gasteiger partial charge in [-0.1, -0.05) is 13.8 Å². The highest BCUT2D eigenvalue weighted by Gasteiger charge is 2.22. The molecule has 1 N–H and O–H groups in total. The standard InChI is InChI=1S/C14H19N3O2/c1-9(2)7-12(14(18)19-4)17-13-11(8-15)6-5-10(3)16-13/h5-6,9,12H,7H2,1-4H3,(H,16,17). The number of nitrogens with zero attached hydrogens (tertiary/aromatic N) is 2. The summed E-state index contributed by atoms with van der Waals surface area (Å²) in [5.41, 5.74) is 1.21. The topological polar surface area (TPSA) is 75.0 Å². The van der Waals surface area contributed by atoms with Crippen molar-refractivity contribution in [3.05, 3.63) is 23.4 Å². The highest BCUT2D eigenvalue weighted by atomic mass is 16.5. The number of carbonyl (C=O) groups excluding carboxylic acids is 1. The lowest BCUT2D eigenvalue weighted by Crippen LogP contribution is -2.32. The second-order valence-corrected chi connectivity index (χ2v) is 4.81. The Bertz CT molecular complexity index is 492. The van der Waals surface area contributed by atoms with Crippen LogP contribution in [0.4, 0.5) is 5.82 Å². The molecule has 1 heterocycles. The summed E-state index contributed by atoms with van der Waals surface area (Å²) in [6.07, 6.45) is 0.618. The number of aromatic nitrogens is 1. The van der Waals surface area contributed by atoms with E-state index in [9.17, 15) is 4.79 Å². The number of pyridine rings is 1. The van der Waals surface area contributed by atoms with Gasteiger partial charge in [0.25, 0.3) is 0 Å². The van der Waals surface area contributed by atoms with E-state index in [-0.39, 0.29) is 5.97 Å². The summed E-state index contributed by atoms with van der Waals surface area (Å²) in [6.45, 7) is 5.88. The Kier molecular flexibility index (Phi) is 5.31. The Morgan fingerprint density at radius 2 is 2.21 bits per heavy atom. The predicted molar refractivity (Wildman–Crippen MR) is 72.6 cm³/mol. The highest BCUT2D eigenvalue weighted by molar-refractivity contribution is 5.79. The van der Waals surface area contributed by atoms with Crippen molar-refractivity contribution in [1.29, 1.82) is 5.26 Å². The molecule has 0 radical (unpaired) electrons. The zero-order valence-electron chi connectivity index (χ0n) is 11.7. The van der Waals surface area contributed by atoms with E-state index in [1.54, 1.807) is 12.1 Å². The molecule has 0 saturated carbocycles. The third-order valence-electron chi connectivity index (χ3n) is 2.66. The van der Waals surface area contributed by atoms with Crippen molar-refractivity contribution in [3.8, 4) is 6.07 Å². The highest BCUT2D eigenvalue weighted by Crippen LogP contribution is 2.17. The number of ether oxygens (including phenoxy) is 1. The summed E-state index contributed by atoms with van der Waals surface area (Å²) < 4.78 is 4.78. The number of hydrogen-bond acceptors (Lipinski definition) is 5. The van der Waals surface area contributed by atoms with Gasteiger partial charge in [0.2, 0.25) is 0 Å². The third kappa shape index (κ3) is 4.25. The van der Waals surface area contributed by atoms with E-state index < -0.39 is 6.04 Å². The molecule has 0 aromatic carbocycles. The third-order valence-corrected chi connectivity index (χ3v) is 2.66. The minimum Gasteiger partial charge on any atom is -0.467 e. The number of nitrogens with one attached hydrogen (secondary N) is 1. The molecule has 0 aliphatic carbocycles. The normalized spacial score (nSPS) is 11.8. The Balaban J connectivity index is 2.99. The summed E-state index contributed by atoms with van der Waals surface area (Å²) in [6, 6.07) is 5.02. The summed E-state index contributed by atoms with van der Waals surface area (Å²) in [5.74, 6) is 0.409. The maximum absolute atomic E-state index is 11.7. The van der Waals surface area contributed by atoms with Gasteiger partial charge in [-0.25, -0.2) is 9.78 Å². The molecule has 0 fully saturated rings. The number of rotatable bonds is 5. The van der Waals surface area contributed by atoms with Crippen LogP contribution in [0.2, 0.25) is 0 Å². The van der Waals surface area contributed by atoms with Gasteiger partial charge < -0.3 is 10.1 Å². The first-order valence-corrected chi connectivity index (χ1v) is 6.20. The van der Waals surface area contributed by atoms with Crippen LogP contribution < -0.4 is 5.32 Å². The van der Waals surface area contributed by atoms with Crippen LogP contribution in [0.25, 0.3) is 0 Å². The molecule has 5 heteroatoms.